The molecule has 0 unspecified atom stereocenters. The Morgan fingerprint density at radius 3 is 2.61 bits per heavy atom. The van der Waals surface area contributed by atoms with Crippen molar-refractivity contribution in [3.63, 3.8) is 0 Å². The van der Waals surface area contributed by atoms with Crippen LogP contribution < -0.4 is 24.2 Å². The Bertz CT molecular complexity index is 1210. The van der Waals surface area contributed by atoms with Crippen LogP contribution in [0.25, 0.3) is 12.2 Å². The predicted molar refractivity (Wildman–Crippen MR) is 101 cm³/mol. The molecule has 3 aromatic rings. The Kier molecular flexibility index (Phi) is 5.41. The Labute approximate surface area is 161 Å². The molecule has 9 nitrogen and oxygen atoms in total. The molecule has 0 fully saturated rings. The zero-order valence-corrected chi connectivity index (χ0v) is 15.6. The number of aromatic amines is 1. The van der Waals surface area contributed by atoms with Crippen LogP contribution in [-0.2, 0) is 0 Å². The lowest BCUT2D eigenvalue weighted by Crippen LogP contribution is -2.20. The van der Waals surface area contributed by atoms with E-state index in [1.807, 2.05) is 0 Å². The van der Waals surface area contributed by atoms with Gasteiger partial charge in [-0.1, -0.05) is 0 Å². The summed E-state index contributed by atoms with van der Waals surface area (Å²) < 4.78 is 15.7. The number of rotatable bonds is 6. The molecule has 0 aliphatic carbocycles. The number of carbonyl (C=O) groups excluding carboxylic acids is 1. The molecule has 0 amide bonds. The van der Waals surface area contributed by atoms with Crippen molar-refractivity contribution < 1.29 is 23.6 Å². The second-order valence-corrected chi connectivity index (χ2v) is 6.52. The maximum atomic E-state index is 12.2. The highest BCUT2D eigenvalue weighted by Gasteiger charge is 2.18. The van der Waals surface area contributed by atoms with E-state index in [0.29, 0.717) is 4.66 Å². The molecule has 0 saturated carbocycles. The summed E-state index contributed by atoms with van der Waals surface area (Å²) in [6.45, 7) is 0. The largest absolute Gasteiger partial charge is 0.493 e. The highest BCUT2D eigenvalue weighted by Crippen LogP contribution is 2.34. The van der Waals surface area contributed by atoms with E-state index in [0.717, 1.165) is 11.3 Å². The molecule has 0 radical (unpaired) electrons. The van der Waals surface area contributed by atoms with E-state index in [1.54, 1.807) is 6.07 Å². The molecule has 0 atom stereocenters. The molecule has 1 aromatic carbocycles. The van der Waals surface area contributed by atoms with Gasteiger partial charge in [-0.2, -0.15) is 0 Å². The fourth-order valence-electron chi connectivity index (χ4n) is 2.43. The Balaban J connectivity index is 2.12. The monoisotopic (exact) mass is 402 g/mol. The first kappa shape index (κ1) is 19.1. The van der Waals surface area contributed by atoms with Crippen molar-refractivity contribution >= 4 is 35.0 Å². The summed E-state index contributed by atoms with van der Waals surface area (Å²) in [5, 5.41) is 11.4. The van der Waals surface area contributed by atoms with E-state index < -0.39 is 16.3 Å². The fraction of sp³-hybridized carbons (Fsp3) is 0.111. The Morgan fingerprint density at radius 1 is 1.29 bits per heavy atom. The lowest BCUT2D eigenvalue weighted by molar-refractivity contribution is -0.385. The molecule has 0 spiro atoms. The van der Waals surface area contributed by atoms with Gasteiger partial charge in [-0.25, -0.2) is 0 Å². The van der Waals surface area contributed by atoms with Gasteiger partial charge in [-0.3, -0.25) is 19.7 Å². The van der Waals surface area contributed by atoms with Crippen LogP contribution in [-0.4, -0.2) is 29.9 Å². The van der Waals surface area contributed by atoms with Crippen LogP contribution >= 0.6 is 11.3 Å². The highest BCUT2D eigenvalue weighted by molar-refractivity contribution is 7.07. The number of H-pyrrole nitrogens is 1. The van der Waals surface area contributed by atoms with Crippen molar-refractivity contribution in [2.75, 3.05) is 14.2 Å². The van der Waals surface area contributed by atoms with Crippen molar-refractivity contribution in [3.8, 4) is 11.5 Å². The minimum atomic E-state index is -0.580. The minimum Gasteiger partial charge on any atom is -0.493 e. The Hall–Kier alpha value is -3.66. The third kappa shape index (κ3) is 3.86. The maximum absolute atomic E-state index is 12.2. The van der Waals surface area contributed by atoms with Crippen molar-refractivity contribution in [1.82, 2.24) is 4.98 Å². The topological polar surface area (TPSA) is 125 Å². The smallest absolute Gasteiger partial charge is 0.280 e. The number of methoxy groups -OCH3 is 2. The summed E-state index contributed by atoms with van der Waals surface area (Å²) in [6.07, 6.45) is 3.96. The number of nitrogens with one attached hydrogen (secondary N) is 1. The first-order valence-corrected chi connectivity index (χ1v) is 8.65. The zero-order valence-electron chi connectivity index (χ0n) is 14.8. The number of furan rings is 1. The Morgan fingerprint density at radius 2 is 2.00 bits per heavy atom. The van der Waals surface area contributed by atoms with Crippen molar-refractivity contribution in [2.45, 2.75) is 0 Å². The molecule has 1 N–H and O–H groups in total. The molecule has 0 aliphatic heterocycles. The van der Waals surface area contributed by atoms with E-state index in [4.69, 9.17) is 13.9 Å². The van der Waals surface area contributed by atoms with Gasteiger partial charge in [0.1, 0.15) is 0 Å². The van der Waals surface area contributed by atoms with Gasteiger partial charge in [0.25, 0.3) is 11.2 Å². The molecule has 0 aliphatic rings. The van der Waals surface area contributed by atoms with Gasteiger partial charge in [0.05, 0.1) is 46.2 Å². The van der Waals surface area contributed by atoms with E-state index in [9.17, 15) is 19.7 Å². The SMILES string of the molecule is COc1cc(/C=c2\s/c(=C\C(=O)c3ccco3)[nH]c2=O)c([N+](=O)[O-])cc1OC. The van der Waals surface area contributed by atoms with Crippen molar-refractivity contribution in [2.24, 2.45) is 0 Å². The number of nitro groups is 1. The lowest BCUT2D eigenvalue weighted by atomic mass is 10.1. The second kappa shape index (κ2) is 7.92. The van der Waals surface area contributed by atoms with Crippen LogP contribution in [0.5, 0.6) is 11.5 Å². The van der Waals surface area contributed by atoms with E-state index in [-0.39, 0.29) is 33.0 Å². The molecular weight excluding hydrogens is 388 g/mol. The number of hydrogen-bond acceptors (Lipinski definition) is 8. The minimum absolute atomic E-state index is 0.135. The summed E-state index contributed by atoms with van der Waals surface area (Å²) in [7, 11) is 2.77. The molecule has 2 aromatic heterocycles. The number of ether oxygens (including phenoxy) is 2. The normalized spacial score (nSPS) is 12.2. The van der Waals surface area contributed by atoms with Crippen LogP contribution in [0.3, 0.4) is 0 Å². The summed E-state index contributed by atoms with van der Waals surface area (Å²) in [6, 6.07) is 5.71. The van der Waals surface area contributed by atoms with Gasteiger partial charge in [0.15, 0.2) is 17.3 Å². The van der Waals surface area contributed by atoms with E-state index in [1.165, 1.54) is 50.8 Å². The molecular formula is C18H14N2O7S. The standard InChI is InChI=1S/C18H14N2O7S/c1-25-14-6-10(11(20(23)24)8-15(14)26-2)7-16-18(22)19-17(28-16)9-12(21)13-4-3-5-27-13/h3-9H,1-2H3,(H,19,22)/b16-7-,17-9-. The fourth-order valence-corrected chi connectivity index (χ4v) is 3.31. The molecule has 28 heavy (non-hydrogen) atoms. The molecule has 144 valence electrons. The number of thiazole rings is 1. The van der Waals surface area contributed by atoms with Gasteiger partial charge in [-0.15, -0.1) is 11.3 Å². The number of carbonyl (C=O) groups is 1. The number of benzene rings is 1. The molecule has 10 heteroatoms. The molecule has 0 saturated heterocycles. The summed E-state index contributed by atoms with van der Waals surface area (Å²) in [4.78, 5) is 37.6. The number of nitrogens with zero attached hydrogens (tertiary/aromatic N) is 1. The summed E-state index contributed by atoms with van der Waals surface area (Å²) in [5.41, 5.74) is -0.561. The quantitative estimate of drug-likeness (QED) is 0.376. The van der Waals surface area contributed by atoms with Gasteiger partial charge in [0.2, 0.25) is 5.78 Å². The molecule has 0 bridgehead atoms. The van der Waals surface area contributed by atoms with E-state index in [2.05, 4.69) is 4.98 Å². The second-order valence-electron chi connectivity index (χ2n) is 5.44. The summed E-state index contributed by atoms with van der Waals surface area (Å²) in [5.74, 6) is 0.207. The average Bonchev–Trinajstić information content (AvgIpc) is 3.31. The van der Waals surface area contributed by atoms with Crippen LogP contribution in [0.4, 0.5) is 5.69 Å². The first-order chi connectivity index (χ1) is 13.4. The van der Waals surface area contributed by atoms with E-state index >= 15 is 0 Å². The third-order valence-electron chi connectivity index (χ3n) is 3.72. The van der Waals surface area contributed by atoms with Gasteiger partial charge in [0, 0.05) is 6.08 Å². The maximum Gasteiger partial charge on any atom is 0.280 e. The first-order valence-electron chi connectivity index (χ1n) is 7.83. The number of aromatic nitrogens is 1. The van der Waals surface area contributed by atoms with Crippen LogP contribution in [0, 0.1) is 10.1 Å². The molecule has 2 heterocycles. The lowest BCUT2D eigenvalue weighted by Gasteiger charge is -2.08. The van der Waals surface area contributed by atoms with Gasteiger partial charge >= 0.3 is 0 Å². The van der Waals surface area contributed by atoms with Crippen molar-refractivity contribution in [1.29, 1.82) is 0 Å². The van der Waals surface area contributed by atoms with Gasteiger partial charge < -0.3 is 18.9 Å². The highest BCUT2D eigenvalue weighted by atomic mass is 32.1. The van der Waals surface area contributed by atoms with Crippen LogP contribution in [0.15, 0.2) is 39.7 Å². The van der Waals surface area contributed by atoms with Crippen molar-refractivity contribution in [3.05, 3.63) is 71.5 Å². The van der Waals surface area contributed by atoms with Crippen LogP contribution in [0.2, 0.25) is 0 Å². The number of nitro benzene ring substituents is 1. The number of Topliss-reactive ketones (excluding diaryl/α,β-unsaturated/α-hetero) is 1. The number of hydrogen-bond donors (Lipinski definition) is 1. The third-order valence-corrected chi connectivity index (χ3v) is 4.69. The molecule has 3 rings (SSSR count). The van der Waals surface area contributed by atoms with Crippen LogP contribution in [0.1, 0.15) is 16.1 Å². The zero-order chi connectivity index (χ0) is 20.3. The average molecular weight is 402 g/mol. The summed E-state index contributed by atoms with van der Waals surface area (Å²) >= 11 is 0.987. The van der Waals surface area contributed by atoms with Gasteiger partial charge in [-0.05, 0) is 24.3 Å². The number of ketones is 1. The predicted octanol–water partition coefficient (Wildman–Crippen LogP) is 1.45.